The van der Waals surface area contributed by atoms with Crippen LogP contribution < -0.4 is 10.6 Å². The highest BCUT2D eigenvalue weighted by Crippen LogP contribution is 2.30. The SMILES string of the molecule is CCC[C@H](C)Nc1ncc(-c2ccc(C=C3CCN(C(C)C)CC3)cn2)c(N[C@H]2CC[C@H](O)CC2)n1. The number of hydrogen-bond donors (Lipinski definition) is 3. The van der Waals surface area contributed by atoms with Gasteiger partial charge in [-0.25, -0.2) is 4.98 Å². The molecule has 196 valence electrons. The molecular formula is C29H44N6O. The molecule has 1 saturated heterocycles. The summed E-state index contributed by atoms with van der Waals surface area (Å²) in [5.41, 5.74) is 4.44. The van der Waals surface area contributed by atoms with Crippen LogP contribution in [0.25, 0.3) is 17.3 Å². The molecule has 2 aromatic heterocycles. The van der Waals surface area contributed by atoms with Crippen molar-refractivity contribution in [3.05, 3.63) is 35.7 Å². The Morgan fingerprint density at radius 3 is 2.44 bits per heavy atom. The van der Waals surface area contributed by atoms with Gasteiger partial charge in [0.2, 0.25) is 5.95 Å². The number of aliphatic hydroxyl groups is 1. The van der Waals surface area contributed by atoms with E-state index >= 15 is 0 Å². The lowest BCUT2D eigenvalue weighted by Crippen LogP contribution is -2.36. The van der Waals surface area contributed by atoms with Crippen molar-refractivity contribution in [2.45, 2.75) is 103 Å². The van der Waals surface area contributed by atoms with Crippen molar-refractivity contribution in [3.63, 3.8) is 0 Å². The van der Waals surface area contributed by atoms with E-state index < -0.39 is 0 Å². The van der Waals surface area contributed by atoms with E-state index in [2.05, 4.69) is 66.4 Å². The van der Waals surface area contributed by atoms with E-state index in [4.69, 9.17) is 9.97 Å². The molecule has 2 aromatic rings. The Hall–Kier alpha value is -2.51. The fraction of sp³-hybridized carbons (Fsp3) is 0.621. The van der Waals surface area contributed by atoms with Gasteiger partial charge in [-0.1, -0.05) is 31.1 Å². The second-order valence-electron chi connectivity index (χ2n) is 10.8. The zero-order valence-electron chi connectivity index (χ0n) is 22.5. The number of rotatable bonds is 9. The molecule has 0 amide bonds. The number of anilines is 2. The molecule has 3 heterocycles. The Balaban J connectivity index is 1.51. The van der Waals surface area contributed by atoms with Gasteiger partial charge in [0.05, 0.1) is 17.4 Å². The minimum Gasteiger partial charge on any atom is -0.393 e. The van der Waals surface area contributed by atoms with Crippen LogP contribution in [-0.4, -0.2) is 62.3 Å². The van der Waals surface area contributed by atoms with Crippen molar-refractivity contribution < 1.29 is 5.11 Å². The summed E-state index contributed by atoms with van der Waals surface area (Å²) < 4.78 is 0. The van der Waals surface area contributed by atoms with Crippen molar-refractivity contribution in [2.75, 3.05) is 23.7 Å². The first-order chi connectivity index (χ1) is 17.4. The lowest BCUT2D eigenvalue weighted by Gasteiger charge is -2.31. The van der Waals surface area contributed by atoms with Gasteiger partial charge in [0, 0.05) is 43.6 Å². The van der Waals surface area contributed by atoms with Gasteiger partial charge in [0.25, 0.3) is 0 Å². The highest BCUT2D eigenvalue weighted by molar-refractivity contribution is 5.73. The quantitative estimate of drug-likeness (QED) is 0.411. The van der Waals surface area contributed by atoms with Crippen LogP contribution in [0.2, 0.25) is 0 Å². The Labute approximate surface area is 216 Å². The molecular weight excluding hydrogens is 448 g/mol. The highest BCUT2D eigenvalue weighted by atomic mass is 16.3. The molecule has 0 unspecified atom stereocenters. The molecule has 2 aliphatic rings. The third kappa shape index (κ3) is 7.26. The second-order valence-corrected chi connectivity index (χ2v) is 10.8. The molecule has 0 aromatic carbocycles. The maximum absolute atomic E-state index is 9.92. The molecule has 2 fully saturated rings. The summed E-state index contributed by atoms with van der Waals surface area (Å²) in [6, 6.07) is 5.46. The summed E-state index contributed by atoms with van der Waals surface area (Å²) in [5.74, 6) is 1.46. The molecule has 1 saturated carbocycles. The van der Waals surface area contributed by atoms with E-state index in [1.807, 2.05) is 12.4 Å². The molecule has 4 rings (SSSR count). The number of nitrogens with one attached hydrogen (secondary N) is 2. The first kappa shape index (κ1) is 26.6. The topological polar surface area (TPSA) is 86.2 Å². The monoisotopic (exact) mass is 492 g/mol. The number of aromatic nitrogens is 3. The number of hydrogen-bond acceptors (Lipinski definition) is 7. The Morgan fingerprint density at radius 2 is 1.81 bits per heavy atom. The van der Waals surface area contributed by atoms with Crippen LogP contribution in [0.5, 0.6) is 0 Å². The van der Waals surface area contributed by atoms with Gasteiger partial charge in [-0.15, -0.1) is 0 Å². The van der Waals surface area contributed by atoms with E-state index in [1.165, 1.54) is 5.57 Å². The molecule has 36 heavy (non-hydrogen) atoms. The van der Waals surface area contributed by atoms with E-state index in [9.17, 15) is 5.11 Å². The van der Waals surface area contributed by atoms with Crippen molar-refractivity contribution in [1.29, 1.82) is 0 Å². The molecule has 1 atom stereocenters. The van der Waals surface area contributed by atoms with E-state index in [-0.39, 0.29) is 6.10 Å². The van der Waals surface area contributed by atoms with Gasteiger partial charge >= 0.3 is 0 Å². The van der Waals surface area contributed by atoms with Crippen LogP contribution in [0.3, 0.4) is 0 Å². The van der Waals surface area contributed by atoms with Gasteiger partial charge in [-0.2, -0.15) is 4.98 Å². The predicted octanol–water partition coefficient (Wildman–Crippen LogP) is 5.74. The maximum atomic E-state index is 9.92. The van der Waals surface area contributed by atoms with Crippen LogP contribution in [0.4, 0.5) is 11.8 Å². The fourth-order valence-electron chi connectivity index (χ4n) is 5.25. The smallest absolute Gasteiger partial charge is 0.224 e. The van der Waals surface area contributed by atoms with Crippen LogP contribution in [0, 0.1) is 0 Å². The van der Waals surface area contributed by atoms with Gasteiger partial charge in [-0.05, 0) is 77.3 Å². The third-order valence-electron chi connectivity index (χ3n) is 7.53. The first-order valence-corrected chi connectivity index (χ1v) is 13.9. The molecule has 0 spiro atoms. The highest BCUT2D eigenvalue weighted by Gasteiger charge is 2.22. The Kier molecular flexibility index (Phi) is 9.32. The molecule has 3 N–H and O–H groups in total. The third-order valence-corrected chi connectivity index (χ3v) is 7.53. The summed E-state index contributed by atoms with van der Waals surface area (Å²) >= 11 is 0. The summed E-state index contributed by atoms with van der Waals surface area (Å²) in [4.78, 5) is 16.8. The van der Waals surface area contributed by atoms with E-state index in [0.29, 0.717) is 24.1 Å². The molecule has 7 nitrogen and oxygen atoms in total. The number of pyridine rings is 1. The summed E-state index contributed by atoms with van der Waals surface area (Å²) in [7, 11) is 0. The van der Waals surface area contributed by atoms with Gasteiger partial charge in [0.15, 0.2) is 0 Å². The normalized spacial score (nSPS) is 21.9. The van der Waals surface area contributed by atoms with E-state index in [1.54, 1.807) is 0 Å². The van der Waals surface area contributed by atoms with Gasteiger partial charge in [0.1, 0.15) is 5.82 Å². The second kappa shape index (κ2) is 12.6. The first-order valence-electron chi connectivity index (χ1n) is 13.9. The number of aliphatic hydroxyl groups excluding tert-OH is 1. The fourth-order valence-corrected chi connectivity index (χ4v) is 5.25. The van der Waals surface area contributed by atoms with Crippen molar-refractivity contribution in [1.82, 2.24) is 19.9 Å². The number of nitrogens with zero attached hydrogens (tertiary/aromatic N) is 4. The average molecular weight is 493 g/mol. The lowest BCUT2D eigenvalue weighted by atomic mass is 9.93. The van der Waals surface area contributed by atoms with Crippen molar-refractivity contribution >= 4 is 17.8 Å². The zero-order valence-corrected chi connectivity index (χ0v) is 22.5. The molecule has 0 bridgehead atoms. The molecule has 0 radical (unpaired) electrons. The van der Waals surface area contributed by atoms with Crippen LogP contribution in [0.1, 0.15) is 84.6 Å². The van der Waals surface area contributed by atoms with Crippen molar-refractivity contribution in [3.8, 4) is 11.3 Å². The number of piperidine rings is 1. The van der Waals surface area contributed by atoms with Gasteiger partial charge in [-0.3, -0.25) is 4.98 Å². The van der Waals surface area contributed by atoms with Crippen LogP contribution in [-0.2, 0) is 0 Å². The van der Waals surface area contributed by atoms with Crippen LogP contribution in [0.15, 0.2) is 30.1 Å². The maximum Gasteiger partial charge on any atom is 0.224 e. The summed E-state index contributed by atoms with van der Waals surface area (Å²) in [6.45, 7) is 11.2. The zero-order chi connectivity index (χ0) is 25.5. The molecule has 7 heteroatoms. The minimum absolute atomic E-state index is 0.180. The lowest BCUT2D eigenvalue weighted by molar-refractivity contribution is 0.126. The van der Waals surface area contributed by atoms with Crippen LogP contribution >= 0.6 is 0 Å². The molecule has 1 aliphatic heterocycles. The Bertz CT molecular complexity index is 987. The van der Waals surface area contributed by atoms with Gasteiger partial charge < -0.3 is 20.6 Å². The average Bonchev–Trinajstić information content (AvgIpc) is 2.87. The van der Waals surface area contributed by atoms with E-state index in [0.717, 1.165) is 87.1 Å². The predicted molar refractivity (Wildman–Crippen MR) is 149 cm³/mol. The Morgan fingerprint density at radius 1 is 1.06 bits per heavy atom. The van der Waals surface area contributed by atoms with Crippen molar-refractivity contribution in [2.24, 2.45) is 0 Å². The summed E-state index contributed by atoms with van der Waals surface area (Å²) in [5, 5.41) is 17.0. The summed E-state index contributed by atoms with van der Waals surface area (Å²) in [6.07, 6.45) is 13.9. The standard InChI is InChI=1S/C29H44N6O/c1-5-6-21(4)32-29-31-19-26(28(34-29)33-24-8-10-25(36)11-9-24)27-12-7-23(18-30-27)17-22-13-15-35(16-14-22)20(2)3/h7,12,17-21,24-25,36H,5-6,8-11,13-16H2,1-4H3,(H2,31,32,33,34)/t21-,24-,25-/m0/s1. The number of likely N-dealkylation sites (tertiary alicyclic amines) is 1. The molecule has 1 aliphatic carbocycles. The largest absolute Gasteiger partial charge is 0.393 e. The minimum atomic E-state index is -0.180.